The van der Waals surface area contributed by atoms with Gasteiger partial charge in [-0.25, -0.2) is 4.79 Å². The van der Waals surface area contributed by atoms with E-state index < -0.39 is 12.1 Å². The number of likely N-dealkylation sites (tertiary alicyclic amines) is 1. The Morgan fingerprint density at radius 1 is 1.40 bits per heavy atom. The van der Waals surface area contributed by atoms with Crippen LogP contribution < -0.4 is 11.1 Å². The number of rotatable bonds is 4. The number of hydrogen-bond acceptors (Lipinski definition) is 3. The first kappa shape index (κ1) is 14.3. The minimum atomic E-state index is -0.805. The maximum atomic E-state index is 12.6. The van der Waals surface area contributed by atoms with Crippen LogP contribution >= 0.6 is 0 Å². The monoisotopic (exact) mass is 277 g/mol. The Bertz CT molecular complexity index is 478. The van der Waals surface area contributed by atoms with Crippen molar-refractivity contribution < 1.29 is 14.7 Å². The molecule has 0 aliphatic carbocycles. The Labute approximate surface area is 117 Å². The molecule has 1 saturated heterocycles. The summed E-state index contributed by atoms with van der Waals surface area (Å²) in [6.45, 7) is 0.525. The zero-order chi connectivity index (χ0) is 14.5. The highest BCUT2D eigenvalue weighted by Crippen LogP contribution is 2.23. The fourth-order valence-corrected chi connectivity index (χ4v) is 2.56. The average Bonchev–Trinajstić information content (AvgIpc) is 2.93. The normalized spacial score (nSPS) is 19.6. The van der Waals surface area contributed by atoms with Crippen LogP contribution in [0.2, 0.25) is 0 Å². The Kier molecular flexibility index (Phi) is 4.57. The molecule has 2 rings (SSSR count). The van der Waals surface area contributed by atoms with Crippen LogP contribution in [0.5, 0.6) is 0 Å². The summed E-state index contributed by atoms with van der Waals surface area (Å²) in [4.78, 5) is 25.4. The van der Waals surface area contributed by atoms with E-state index in [0.29, 0.717) is 12.1 Å². The van der Waals surface area contributed by atoms with E-state index in [-0.39, 0.29) is 18.6 Å². The van der Waals surface area contributed by atoms with Crippen LogP contribution in [-0.4, -0.2) is 41.1 Å². The van der Waals surface area contributed by atoms with Crippen LogP contribution in [0.4, 0.5) is 4.79 Å². The second kappa shape index (κ2) is 6.38. The summed E-state index contributed by atoms with van der Waals surface area (Å²) in [6.07, 6.45) is 1.63. The smallest absolute Gasteiger partial charge is 0.313 e. The van der Waals surface area contributed by atoms with Gasteiger partial charge in [-0.15, -0.1) is 0 Å². The molecule has 0 spiro atoms. The highest BCUT2D eigenvalue weighted by atomic mass is 16.3. The van der Waals surface area contributed by atoms with Crippen molar-refractivity contribution in [3.63, 3.8) is 0 Å². The first-order chi connectivity index (χ1) is 9.63. The molecule has 1 aromatic carbocycles. The molecule has 1 aromatic rings. The Morgan fingerprint density at radius 3 is 2.70 bits per heavy atom. The molecule has 2 atom stereocenters. The summed E-state index contributed by atoms with van der Waals surface area (Å²) < 4.78 is 0. The second-order valence-corrected chi connectivity index (χ2v) is 4.86. The molecule has 1 heterocycles. The van der Waals surface area contributed by atoms with Gasteiger partial charge < -0.3 is 21.1 Å². The van der Waals surface area contributed by atoms with Gasteiger partial charge in [-0.2, -0.15) is 0 Å². The highest BCUT2D eigenvalue weighted by molar-refractivity contribution is 5.88. The summed E-state index contributed by atoms with van der Waals surface area (Å²) in [6, 6.07) is 7.24. The zero-order valence-electron chi connectivity index (χ0n) is 11.2. The molecule has 1 unspecified atom stereocenters. The lowest BCUT2D eigenvalue weighted by atomic mass is 10.1. The topological polar surface area (TPSA) is 95.7 Å². The lowest BCUT2D eigenvalue weighted by Crippen LogP contribution is -2.47. The number of carbonyl (C=O) groups is 2. The minimum Gasteiger partial charge on any atom is -0.394 e. The van der Waals surface area contributed by atoms with Crippen LogP contribution in [0.1, 0.15) is 24.4 Å². The van der Waals surface area contributed by atoms with Gasteiger partial charge in [0, 0.05) is 6.54 Å². The maximum Gasteiger partial charge on any atom is 0.313 e. The molecule has 6 heteroatoms. The molecule has 6 nitrogen and oxygen atoms in total. The van der Waals surface area contributed by atoms with E-state index >= 15 is 0 Å². The molecule has 3 amide bonds. The number of primary amides is 1. The number of nitrogens with one attached hydrogen (secondary N) is 1. The lowest BCUT2D eigenvalue weighted by Gasteiger charge is -2.28. The van der Waals surface area contributed by atoms with Crippen molar-refractivity contribution in [1.82, 2.24) is 10.2 Å². The average molecular weight is 277 g/mol. The SMILES string of the molecule is NC(=O)NC(C(=O)N1CCC[C@@H]1CO)c1ccccc1. The van der Waals surface area contributed by atoms with E-state index in [0.717, 1.165) is 12.8 Å². The van der Waals surface area contributed by atoms with Crippen LogP contribution in [0.15, 0.2) is 30.3 Å². The third kappa shape index (κ3) is 3.08. The molecule has 0 radical (unpaired) electrons. The summed E-state index contributed by atoms with van der Waals surface area (Å²) in [5.74, 6) is -0.230. The standard InChI is InChI=1S/C14H19N3O3/c15-14(20)16-12(10-5-2-1-3-6-10)13(19)17-8-4-7-11(17)9-18/h1-3,5-6,11-12,18H,4,7-9H2,(H3,15,16,20)/t11-,12?/m1/s1. The summed E-state index contributed by atoms with van der Waals surface area (Å²) in [5.41, 5.74) is 5.84. The number of carbonyl (C=O) groups excluding carboxylic acids is 2. The van der Waals surface area contributed by atoms with E-state index in [4.69, 9.17) is 5.73 Å². The number of nitrogens with two attached hydrogens (primary N) is 1. The largest absolute Gasteiger partial charge is 0.394 e. The number of amides is 3. The van der Waals surface area contributed by atoms with E-state index in [1.54, 1.807) is 29.2 Å². The molecule has 1 aliphatic heterocycles. The minimum absolute atomic E-state index is 0.0657. The fourth-order valence-electron chi connectivity index (χ4n) is 2.56. The molecule has 1 aliphatic rings. The van der Waals surface area contributed by atoms with Gasteiger partial charge in [0.1, 0.15) is 6.04 Å². The highest BCUT2D eigenvalue weighted by Gasteiger charge is 2.33. The molecule has 20 heavy (non-hydrogen) atoms. The van der Waals surface area contributed by atoms with E-state index in [9.17, 15) is 14.7 Å². The van der Waals surface area contributed by atoms with Crippen LogP contribution in [-0.2, 0) is 4.79 Å². The number of hydrogen-bond donors (Lipinski definition) is 3. The van der Waals surface area contributed by atoms with E-state index in [1.807, 2.05) is 6.07 Å². The fraction of sp³-hybridized carbons (Fsp3) is 0.429. The molecule has 108 valence electrons. The summed E-state index contributed by atoms with van der Waals surface area (Å²) in [7, 11) is 0. The molecule has 1 fully saturated rings. The lowest BCUT2D eigenvalue weighted by molar-refractivity contribution is -0.134. The predicted molar refractivity (Wildman–Crippen MR) is 73.7 cm³/mol. The van der Waals surface area contributed by atoms with Crippen molar-refractivity contribution in [3.8, 4) is 0 Å². The number of benzene rings is 1. The first-order valence-corrected chi connectivity index (χ1v) is 6.65. The van der Waals surface area contributed by atoms with Crippen LogP contribution in [0, 0.1) is 0 Å². The van der Waals surface area contributed by atoms with E-state index in [1.165, 1.54) is 0 Å². The van der Waals surface area contributed by atoms with Gasteiger partial charge in [0.2, 0.25) is 5.91 Å². The third-order valence-corrected chi connectivity index (χ3v) is 3.54. The van der Waals surface area contributed by atoms with Gasteiger partial charge in [0.25, 0.3) is 0 Å². The summed E-state index contributed by atoms with van der Waals surface area (Å²) in [5, 5.41) is 11.8. The van der Waals surface area contributed by atoms with Crippen molar-refractivity contribution in [2.24, 2.45) is 5.73 Å². The molecule has 0 bridgehead atoms. The number of urea groups is 1. The van der Waals surface area contributed by atoms with Crippen molar-refractivity contribution in [2.45, 2.75) is 24.9 Å². The van der Waals surface area contributed by atoms with Crippen molar-refractivity contribution in [1.29, 1.82) is 0 Å². The third-order valence-electron chi connectivity index (χ3n) is 3.54. The Hall–Kier alpha value is -2.08. The van der Waals surface area contributed by atoms with Gasteiger partial charge in [0.15, 0.2) is 0 Å². The van der Waals surface area contributed by atoms with Crippen molar-refractivity contribution in [2.75, 3.05) is 13.2 Å². The van der Waals surface area contributed by atoms with Gasteiger partial charge >= 0.3 is 6.03 Å². The van der Waals surface area contributed by atoms with Gasteiger partial charge in [-0.3, -0.25) is 4.79 Å². The van der Waals surface area contributed by atoms with E-state index in [2.05, 4.69) is 5.32 Å². The molecule has 0 aromatic heterocycles. The maximum absolute atomic E-state index is 12.6. The Balaban J connectivity index is 2.22. The molecular weight excluding hydrogens is 258 g/mol. The number of aliphatic hydroxyl groups is 1. The Morgan fingerprint density at radius 2 is 2.10 bits per heavy atom. The van der Waals surface area contributed by atoms with Crippen molar-refractivity contribution >= 4 is 11.9 Å². The first-order valence-electron chi connectivity index (χ1n) is 6.65. The number of aliphatic hydroxyl groups excluding tert-OH is 1. The van der Waals surface area contributed by atoms with Gasteiger partial charge in [-0.1, -0.05) is 30.3 Å². The summed E-state index contributed by atoms with van der Waals surface area (Å²) >= 11 is 0. The molecule has 0 saturated carbocycles. The van der Waals surface area contributed by atoms with Gasteiger partial charge in [0.05, 0.1) is 12.6 Å². The van der Waals surface area contributed by atoms with Crippen LogP contribution in [0.3, 0.4) is 0 Å². The van der Waals surface area contributed by atoms with Crippen LogP contribution in [0.25, 0.3) is 0 Å². The molecular formula is C14H19N3O3. The number of nitrogens with zero attached hydrogens (tertiary/aromatic N) is 1. The quantitative estimate of drug-likeness (QED) is 0.742. The predicted octanol–water partition coefficient (Wildman–Crippen LogP) is 0.379. The molecule has 4 N–H and O–H groups in total. The van der Waals surface area contributed by atoms with Gasteiger partial charge in [-0.05, 0) is 18.4 Å². The zero-order valence-corrected chi connectivity index (χ0v) is 11.2. The van der Waals surface area contributed by atoms with Crippen molar-refractivity contribution in [3.05, 3.63) is 35.9 Å². The second-order valence-electron chi connectivity index (χ2n) is 4.86.